The number of anilines is 2. The van der Waals surface area contributed by atoms with Gasteiger partial charge in [0, 0.05) is 26.4 Å². The van der Waals surface area contributed by atoms with Gasteiger partial charge in [0.2, 0.25) is 0 Å². The Hall–Kier alpha value is -2.22. The number of esters is 1. The lowest BCUT2D eigenvalue weighted by Gasteiger charge is -2.23. The quantitative estimate of drug-likeness (QED) is 0.0433. The first-order chi connectivity index (χ1) is 20.4. The molecule has 0 saturated heterocycles. The van der Waals surface area contributed by atoms with Crippen molar-refractivity contribution < 1.29 is 14.3 Å². The van der Waals surface area contributed by atoms with Gasteiger partial charge in [-0.05, 0) is 64.1 Å². The number of carbonyl (C=O) groups excluding carboxylic acids is 2. The van der Waals surface area contributed by atoms with Gasteiger partial charge in [-0.1, -0.05) is 84.5 Å². The molecule has 0 heterocycles. The lowest BCUT2D eigenvalue weighted by Crippen LogP contribution is -2.37. The third-order valence-corrected chi connectivity index (χ3v) is 8.09. The number of nitrogens with one attached hydrogen (secondary N) is 2. The summed E-state index contributed by atoms with van der Waals surface area (Å²) in [7, 11) is 1.66. The van der Waals surface area contributed by atoms with Crippen molar-refractivity contribution in [2.45, 2.75) is 136 Å². The zero-order valence-corrected chi connectivity index (χ0v) is 27.1. The smallest absolute Gasteiger partial charge is 0.305 e. The topological polar surface area (TPSA) is 105 Å². The molecule has 2 N–H and O–H groups in total. The standard InChI is InChI=1S/C34H61N3O5/c1-4-5-6-10-15-21-29(2)28-42-30(39)22-16-11-9-13-18-25-37(24-17-12-7-8-14-19-27-38)26-20-23-36-32-31(35-3)33(40)34(32)41/h27,29,35-36H,4-26,28H2,1-3H3. The molecule has 0 spiro atoms. The Balaban J connectivity index is 2.21. The van der Waals surface area contributed by atoms with E-state index < -0.39 is 10.9 Å². The number of hydrogen-bond acceptors (Lipinski definition) is 8. The summed E-state index contributed by atoms with van der Waals surface area (Å²) < 4.78 is 5.50. The van der Waals surface area contributed by atoms with Crippen LogP contribution in [0.1, 0.15) is 136 Å². The summed E-state index contributed by atoms with van der Waals surface area (Å²) in [4.78, 5) is 48.4. The van der Waals surface area contributed by atoms with Crippen molar-refractivity contribution in [1.82, 2.24) is 4.90 Å². The van der Waals surface area contributed by atoms with Gasteiger partial charge in [-0.15, -0.1) is 0 Å². The molecule has 0 aromatic heterocycles. The van der Waals surface area contributed by atoms with E-state index in [0.29, 0.717) is 43.3 Å². The van der Waals surface area contributed by atoms with Crippen molar-refractivity contribution in [2.75, 3.05) is 50.5 Å². The highest BCUT2D eigenvalue weighted by Gasteiger charge is 2.18. The number of rotatable bonds is 30. The maximum Gasteiger partial charge on any atom is 0.305 e. The Bertz CT molecular complexity index is 896. The van der Waals surface area contributed by atoms with Gasteiger partial charge in [0.05, 0.1) is 6.61 Å². The highest BCUT2D eigenvalue weighted by Crippen LogP contribution is 2.15. The summed E-state index contributed by atoms with van der Waals surface area (Å²) in [6.45, 7) is 8.68. The number of ether oxygens (including phenoxy) is 1. The number of carbonyl (C=O) groups is 2. The lowest BCUT2D eigenvalue weighted by molar-refractivity contribution is -0.145. The molecule has 0 aliphatic carbocycles. The fourth-order valence-corrected chi connectivity index (χ4v) is 5.37. The number of aldehydes is 1. The molecule has 0 saturated carbocycles. The summed E-state index contributed by atoms with van der Waals surface area (Å²) in [5, 5.41) is 5.94. The number of nitrogens with zero attached hydrogens (tertiary/aromatic N) is 1. The van der Waals surface area contributed by atoms with Crippen LogP contribution in [0.15, 0.2) is 9.59 Å². The second-order valence-corrected chi connectivity index (χ2v) is 12.0. The van der Waals surface area contributed by atoms with Gasteiger partial charge in [-0.2, -0.15) is 0 Å². The fourth-order valence-electron chi connectivity index (χ4n) is 5.37. The maximum atomic E-state index is 12.1. The van der Waals surface area contributed by atoms with Crippen LogP contribution in [0.3, 0.4) is 0 Å². The van der Waals surface area contributed by atoms with Crippen LogP contribution in [0.25, 0.3) is 0 Å². The number of unbranched alkanes of at least 4 members (excludes halogenated alkanes) is 13. The third-order valence-electron chi connectivity index (χ3n) is 8.09. The van der Waals surface area contributed by atoms with Crippen molar-refractivity contribution in [3.8, 4) is 0 Å². The first-order valence-corrected chi connectivity index (χ1v) is 17.0. The molecular weight excluding hydrogens is 530 g/mol. The monoisotopic (exact) mass is 591 g/mol. The number of hydrogen-bond donors (Lipinski definition) is 2. The summed E-state index contributed by atoms with van der Waals surface area (Å²) in [6, 6.07) is 0. The Morgan fingerprint density at radius 3 is 2.02 bits per heavy atom. The van der Waals surface area contributed by atoms with Gasteiger partial charge in [0.25, 0.3) is 10.9 Å². The maximum absolute atomic E-state index is 12.1. The third kappa shape index (κ3) is 17.7. The summed E-state index contributed by atoms with van der Waals surface area (Å²) >= 11 is 0. The normalized spacial score (nSPS) is 12.1. The molecule has 8 nitrogen and oxygen atoms in total. The van der Waals surface area contributed by atoms with Crippen LogP contribution in [0.5, 0.6) is 0 Å². The van der Waals surface area contributed by atoms with E-state index in [2.05, 4.69) is 29.4 Å². The molecule has 1 unspecified atom stereocenters. The van der Waals surface area contributed by atoms with E-state index in [1.54, 1.807) is 7.05 Å². The van der Waals surface area contributed by atoms with E-state index >= 15 is 0 Å². The van der Waals surface area contributed by atoms with Crippen LogP contribution < -0.4 is 21.5 Å². The Morgan fingerprint density at radius 2 is 1.36 bits per heavy atom. The van der Waals surface area contributed by atoms with Gasteiger partial charge in [0.15, 0.2) is 0 Å². The fraction of sp³-hybridized carbons (Fsp3) is 0.824. The van der Waals surface area contributed by atoms with Crippen LogP contribution >= 0.6 is 0 Å². The molecule has 1 rings (SSSR count). The van der Waals surface area contributed by atoms with Crippen LogP contribution in [-0.2, 0) is 14.3 Å². The Labute approximate surface area is 255 Å². The molecule has 1 aromatic carbocycles. The predicted octanol–water partition coefficient (Wildman–Crippen LogP) is 6.85. The van der Waals surface area contributed by atoms with Gasteiger partial charge in [-0.25, -0.2) is 0 Å². The molecule has 0 radical (unpaired) electrons. The van der Waals surface area contributed by atoms with Gasteiger partial charge >= 0.3 is 5.97 Å². The molecule has 0 bridgehead atoms. The molecule has 0 fully saturated rings. The average molecular weight is 592 g/mol. The van der Waals surface area contributed by atoms with Crippen molar-refractivity contribution in [1.29, 1.82) is 0 Å². The van der Waals surface area contributed by atoms with Gasteiger partial charge in [-0.3, -0.25) is 14.4 Å². The minimum Gasteiger partial charge on any atom is -0.465 e. The Kier molecular flexibility index (Phi) is 22.8. The van der Waals surface area contributed by atoms with E-state index in [4.69, 9.17) is 4.74 Å². The summed E-state index contributed by atoms with van der Waals surface area (Å²) in [5.41, 5.74) is -0.0606. The van der Waals surface area contributed by atoms with Crippen LogP contribution in [0.4, 0.5) is 11.4 Å². The molecule has 1 aromatic rings. The first-order valence-electron chi connectivity index (χ1n) is 17.0. The zero-order chi connectivity index (χ0) is 30.8. The highest BCUT2D eigenvalue weighted by molar-refractivity contribution is 5.73. The molecule has 0 aliphatic heterocycles. The first kappa shape index (κ1) is 37.8. The minimum atomic E-state index is -0.440. The van der Waals surface area contributed by atoms with E-state index in [1.807, 2.05) is 0 Å². The van der Waals surface area contributed by atoms with Crippen molar-refractivity contribution >= 4 is 23.6 Å². The zero-order valence-electron chi connectivity index (χ0n) is 27.1. The van der Waals surface area contributed by atoms with Crippen molar-refractivity contribution in [3.63, 3.8) is 0 Å². The second kappa shape index (κ2) is 25.3. The summed E-state index contributed by atoms with van der Waals surface area (Å²) in [5.74, 6) is 0.397. The average Bonchev–Trinajstić information content (AvgIpc) is 2.99. The molecule has 42 heavy (non-hydrogen) atoms. The van der Waals surface area contributed by atoms with E-state index in [1.165, 1.54) is 44.9 Å². The van der Waals surface area contributed by atoms with Crippen LogP contribution in [0.2, 0.25) is 0 Å². The molecular formula is C34H61N3O5. The van der Waals surface area contributed by atoms with E-state index in [-0.39, 0.29) is 5.97 Å². The second-order valence-electron chi connectivity index (χ2n) is 12.0. The van der Waals surface area contributed by atoms with Crippen molar-refractivity contribution in [2.24, 2.45) is 5.92 Å². The molecule has 0 aliphatic rings. The summed E-state index contributed by atoms with van der Waals surface area (Å²) in [6.07, 6.45) is 21.6. The van der Waals surface area contributed by atoms with E-state index in [9.17, 15) is 19.2 Å². The minimum absolute atomic E-state index is 0.0515. The predicted molar refractivity (Wildman–Crippen MR) is 175 cm³/mol. The highest BCUT2D eigenvalue weighted by atomic mass is 16.5. The van der Waals surface area contributed by atoms with Crippen molar-refractivity contribution in [3.05, 3.63) is 20.4 Å². The van der Waals surface area contributed by atoms with Crippen LogP contribution in [0, 0.1) is 5.92 Å². The Morgan fingerprint density at radius 1 is 0.786 bits per heavy atom. The van der Waals surface area contributed by atoms with Gasteiger partial charge < -0.3 is 25.1 Å². The lowest BCUT2D eigenvalue weighted by atomic mass is 10.0. The van der Waals surface area contributed by atoms with Gasteiger partial charge in [0.1, 0.15) is 17.7 Å². The molecule has 1 atom stereocenters. The molecule has 0 amide bonds. The molecule has 242 valence electrons. The van der Waals surface area contributed by atoms with E-state index in [0.717, 1.165) is 90.1 Å². The van der Waals surface area contributed by atoms with Crippen LogP contribution in [-0.4, -0.2) is 57.0 Å². The molecule has 8 heteroatoms. The SMILES string of the molecule is CCCCCCCC(C)COC(=O)CCCCCCCN(CCCCCCCC=O)CCCNc1c(NC)c(=O)c1=O. The largest absolute Gasteiger partial charge is 0.465 e.